The Labute approximate surface area is 202 Å². The lowest BCUT2D eigenvalue weighted by molar-refractivity contribution is -0.117. The molecule has 1 aromatic heterocycles. The Bertz CT molecular complexity index is 1430. The number of nitriles is 2. The second kappa shape index (κ2) is 8.83. The molecule has 174 valence electrons. The molecular formula is C27H23FN6O. The van der Waals surface area contributed by atoms with Crippen molar-refractivity contribution in [1.82, 2.24) is 4.98 Å². The number of fused-ring (bicyclic) bond motifs is 1. The van der Waals surface area contributed by atoms with E-state index in [1.54, 1.807) is 24.1 Å². The predicted molar refractivity (Wildman–Crippen MR) is 131 cm³/mol. The van der Waals surface area contributed by atoms with Gasteiger partial charge in [-0.25, -0.2) is 9.37 Å². The van der Waals surface area contributed by atoms with Crippen LogP contribution in [-0.2, 0) is 11.2 Å². The first-order valence-corrected chi connectivity index (χ1v) is 11.4. The molecular weight excluding hydrogens is 443 g/mol. The molecule has 0 spiro atoms. The molecule has 8 heteroatoms. The standard InChI is InChI=1S/C27H23FN6O/c1-33-23-5-4-16(10-19(23)13-25(33)35)26-20(15-30)12-24(34-8-6-21(31)7-9-34)32-27(26)17-2-3-18(14-29)22(28)11-17/h2-5,10-12,21H,6-9,13,31H2,1H3. The van der Waals surface area contributed by atoms with Gasteiger partial charge in [0.15, 0.2) is 0 Å². The first kappa shape index (κ1) is 22.5. The molecule has 1 fully saturated rings. The van der Waals surface area contributed by atoms with Crippen LogP contribution >= 0.6 is 0 Å². The van der Waals surface area contributed by atoms with Crippen molar-refractivity contribution in [2.24, 2.45) is 5.73 Å². The molecule has 35 heavy (non-hydrogen) atoms. The second-order valence-corrected chi connectivity index (χ2v) is 8.97. The fraction of sp³-hybridized carbons (Fsp3) is 0.259. The molecule has 7 nitrogen and oxygen atoms in total. The Morgan fingerprint density at radius 3 is 2.43 bits per heavy atom. The zero-order chi connectivity index (χ0) is 24.7. The van der Waals surface area contributed by atoms with Gasteiger partial charge in [0.1, 0.15) is 17.7 Å². The van der Waals surface area contributed by atoms with E-state index in [9.17, 15) is 14.4 Å². The van der Waals surface area contributed by atoms with Crippen molar-refractivity contribution < 1.29 is 9.18 Å². The van der Waals surface area contributed by atoms with E-state index in [0.717, 1.165) is 29.7 Å². The minimum atomic E-state index is -0.646. The van der Waals surface area contributed by atoms with E-state index in [4.69, 9.17) is 16.0 Å². The van der Waals surface area contributed by atoms with Crippen molar-refractivity contribution >= 4 is 17.4 Å². The highest BCUT2D eigenvalue weighted by molar-refractivity contribution is 6.02. The first-order valence-electron chi connectivity index (χ1n) is 11.4. The smallest absolute Gasteiger partial charge is 0.231 e. The summed E-state index contributed by atoms with van der Waals surface area (Å²) in [6.45, 7) is 1.43. The van der Waals surface area contributed by atoms with Gasteiger partial charge in [0.05, 0.1) is 29.3 Å². The summed E-state index contributed by atoms with van der Waals surface area (Å²) in [5.41, 5.74) is 10.3. The maximum atomic E-state index is 14.6. The van der Waals surface area contributed by atoms with Crippen molar-refractivity contribution in [3.8, 4) is 34.5 Å². The third kappa shape index (κ3) is 3.99. The van der Waals surface area contributed by atoms with Crippen molar-refractivity contribution in [1.29, 1.82) is 10.5 Å². The number of hydrogen-bond acceptors (Lipinski definition) is 6. The van der Waals surface area contributed by atoms with Gasteiger partial charge in [-0.1, -0.05) is 12.1 Å². The van der Waals surface area contributed by atoms with Crippen LogP contribution in [0, 0.1) is 28.5 Å². The maximum absolute atomic E-state index is 14.6. The number of carbonyl (C=O) groups is 1. The van der Waals surface area contributed by atoms with Gasteiger partial charge in [-0.05, 0) is 54.3 Å². The Hall–Kier alpha value is -4.27. The SMILES string of the molecule is CN1C(=O)Cc2cc(-c3c(C#N)cc(N4CCC(N)CC4)nc3-c3ccc(C#N)c(F)c3)ccc21. The number of anilines is 2. The number of aromatic nitrogens is 1. The predicted octanol–water partition coefficient (Wildman–Crippen LogP) is 3.74. The monoisotopic (exact) mass is 466 g/mol. The number of likely N-dealkylation sites (N-methyl/N-ethyl adjacent to an activating group) is 1. The molecule has 3 aromatic rings. The van der Waals surface area contributed by atoms with Gasteiger partial charge in [-0.3, -0.25) is 4.79 Å². The summed E-state index contributed by atoms with van der Waals surface area (Å²) in [7, 11) is 1.74. The summed E-state index contributed by atoms with van der Waals surface area (Å²) in [6.07, 6.45) is 1.92. The molecule has 1 saturated heterocycles. The molecule has 0 aliphatic carbocycles. The second-order valence-electron chi connectivity index (χ2n) is 8.97. The number of carbonyl (C=O) groups excluding carboxylic acids is 1. The number of rotatable bonds is 3. The van der Waals surface area contributed by atoms with Crippen molar-refractivity contribution in [2.75, 3.05) is 29.9 Å². The lowest BCUT2D eigenvalue weighted by atomic mass is 9.92. The normalized spacial score (nSPS) is 15.6. The Balaban J connectivity index is 1.71. The van der Waals surface area contributed by atoms with E-state index in [1.165, 1.54) is 12.1 Å². The molecule has 0 saturated carbocycles. The lowest BCUT2D eigenvalue weighted by Crippen LogP contribution is -2.40. The van der Waals surface area contributed by atoms with Crippen LogP contribution < -0.4 is 15.5 Å². The van der Waals surface area contributed by atoms with E-state index in [1.807, 2.05) is 24.3 Å². The Morgan fingerprint density at radius 1 is 1.03 bits per heavy atom. The van der Waals surface area contributed by atoms with E-state index >= 15 is 0 Å². The minimum Gasteiger partial charge on any atom is -0.356 e. The van der Waals surface area contributed by atoms with Gasteiger partial charge < -0.3 is 15.5 Å². The number of amides is 1. The van der Waals surface area contributed by atoms with Crippen molar-refractivity contribution in [3.63, 3.8) is 0 Å². The average Bonchev–Trinajstić information content (AvgIpc) is 3.16. The third-order valence-corrected chi connectivity index (χ3v) is 6.80. The maximum Gasteiger partial charge on any atom is 0.231 e. The van der Waals surface area contributed by atoms with Crippen LogP contribution in [0.5, 0.6) is 0 Å². The number of nitrogens with two attached hydrogens (primary N) is 1. The zero-order valence-electron chi connectivity index (χ0n) is 19.3. The highest BCUT2D eigenvalue weighted by atomic mass is 19.1. The molecule has 0 atom stereocenters. The van der Waals surface area contributed by atoms with Gasteiger partial charge in [0.2, 0.25) is 5.91 Å². The van der Waals surface area contributed by atoms with Crippen LogP contribution in [0.25, 0.3) is 22.4 Å². The van der Waals surface area contributed by atoms with Crippen LogP contribution in [-0.4, -0.2) is 37.1 Å². The topological polar surface area (TPSA) is 110 Å². The molecule has 3 heterocycles. The quantitative estimate of drug-likeness (QED) is 0.630. The van der Waals surface area contributed by atoms with E-state index in [-0.39, 0.29) is 23.9 Å². The molecule has 2 aromatic carbocycles. The van der Waals surface area contributed by atoms with Gasteiger partial charge in [0, 0.05) is 43.0 Å². The van der Waals surface area contributed by atoms with Crippen LogP contribution in [0.15, 0.2) is 42.5 Å². The molecule has 0 radical (unpaired) electrons. The van der Waals surface area contributed by atoms with Gasteiger partial charge in [-0.2, -0.15) is 10.5 Å². The minimum absolute atomic E-state index is 0.00354. The first-order chi connectivity index (χ1) is 16.9. The van der Waals surface area contributed by atoms with Gasteiger partial charge in [0.25, 0.3) is 0 Å². The molecule has 2 aliphatic heterocycles. The van der Waals surface area contributed by atoms with Crippen LogP contribution in [0.3, 0.4) is 0 Å². The van der Waals surface area contributed by atoms with Crippen LogP contribution in [0.2, 0.25) is 0 Å². The number of nitrogens with zero attached hydrogens (tertiary/aromatic N) is 5. The fourth-order valence-electron chi connectivity index (χ4n) is 4.79. The van der Waals surface area contributed by atoms with Crippen molar-refractivity contribution in [3.05, 3.63) is 65.0 Å². The number of pyridine rings is 1. The van der Waals surface area contributed by atoms with Gasteiger partial charge in [-0.15, -0.1) is 0 Å². The summed E-state index contributed by atoms with van der Waals surface area (Å²) < 4.78 is 14.6. The van der Waals surface area contributed by atoms with Crippen LogP contribution in [0.4, 0.5) is 15.9 Å². The Kier molecular flexibility index (Phi) is 5.68. The highest BCUT2D eigenvalue weighted by Crippen LogP contribution is 2.39. The van der Waals surface area contributed by atoms with E-state index < -0.39 is 5.82 Å². The summed E-state index contributed by atoms with van der Waals surface area (Å²) in [5.74, 6) is -0.0105. The summed E-state index contributed by atoms with van der Waals surface area (Å²) in [6, 6.07) is 16.0. The van der Waals surface area contributed by atoms with E-state index in [0.29, 0.717) is 41.3 Å². The molecule has 2 N–H and O–H groups in total. The number of piperidine rings is 1. The fourth-order valence-corrected chi connectivity index (χ4v) is 4.79. The Morgan fingerprint density at radius 2 is 1.74 bits per heavy atom. The van der Waals surface area contributed by atoms with Crippen molar-refractivity contribution in [2.45, 2.75) is 25.3 Å². The van der Waals surface area contributed by atoms with Gasteiger partial charge >= 0.3 is 0 Å². The lowest BCUT2D eigenvalue weighted by Gasteiger charge is -2.31. The number of halogens is 1. The largest absolute Gasteiger partial charge is 0.356 e. The van der Waals surface area contributed by atoms with Crippen LogP contribution in [0.1, 0.15) is 29.5 Å². The number of benzene rings is 2. The molecule has 0 bridgehead atoms. The zero-order valence-corrected chi connectivity index (χ0v) is 19.3. The van der Waals surface area contributed by atoms with E-state index in [2.05, 4.69) is 11.0 Å². The molecule has 5 rings (SSSR count). The summed E-state index contributed by atoms with van der Waals surface area (Å²) in [5, 5.41) is 19.3. The summed E-state index contributed by atoms with van der Waals surface area (Å²) >= 11 is 0. The molecule has 1 amide bonds. The number of hydrogen-bond donors (Lipinski definition) is 1. The third-order valence-electron chi connectivity index (χ3n) is 6.80. The summed E-state index contributed by atoms with van der Waals surface area (Å²) in [4.78, 5) is 20.8. The highest BCUT2D eigenvalue weighted by Gasteiger charge is 2.27. The molecule has 2 aliphatic rings. The molecule has 0 unspecified atom stereocenters. The average molecular weight is 467 g/mol.